The van der Waals surface area contributed by atoms with E-state index in [0.717, 1.165) is 29.5 Å². The van der Waals surface area contributed by atoms with Crippen molar-refractivity contribution in [3.63, 3.8) is 0 Å². The first-order valence-corrected chi connectivity index (χ1v) is 5.86. The predicted molar refractivity (Wildman–Crippen MR) is 67.8 cm³/mol. The lowest BCUT2D eigenvalue weighted by Gasteiger charge is -2.20. The molecule has 0 spiro atoms. The number of likely N-dealkylation sites (N-methyl/N-ethyl adjacent to an activating group) is 1. The van der Waals surface area contributed by atoms with Crippen LogP contribution in [0.2, 0.25) is 5.15 Å². The minimum absolute atomic E-state index is 0.510. The number of aryl methyl sites for hydroxylation is 2. The summed E-state index contributed by atoms with van der Waals surface area (Å²) in [6.45, 7) is 5.89. The van der Waals surface area contributed by atoms with Gasteiger partial charge in [-0.05, 0) is 27.9 Å². The SMILES string of the molecule is Cc1nn(C)c(Cl)c1CNCC(C)N(C)C. The van der Waals surface area contributed by atoms with Crippen molar-refractivity contribution in [1.82, 2.24) is 20.0 Å². The van der Waals surface area contributed by atoms with E-state index in [2.05, 4.69) is 36.3 Å². The lowest BCUT2D eigenvalue weighted by Crippen LogP contribution is -2.35. The zero-order valence-corrected chi connectivity index (χ0v) is 11.5. The molecule has 0 radical (unpaired) electrons. The van der Waals surface area contributed by atoms with Crippen LogP contribution >= 0.6 is 11.6 Å². The molecule has 1 atom stereocenters. The van der Waals surface area contributed by atoms with Gasteiger partial charge < -0.3 is 10.2 Å². The lowest BCUT2D eigenvalue weighted by atomic mass is 10.2. The fourth-order valence-electron chi connectivity index (χ4n) is 1.46. The van der Waals surface area contributed by atoms with E-state index in [1.165, 1.54) is 0 Å². The van der Waals surface area contributed by atoms with Gasteiger partial charge in [-0.1, -0.05) is 11.6 Å². The highest BCUT2D eigenvalue weighted by atomic mass is 35.5. The monoisotopic (exact) mass is 244 g/mol. The number of nitrogens with one attached hydrogen (secondary N) is 1. The van der Waals surface area contributed by atoms with E-state index >= 15 is 0 Å². The standard InChI is InChI=1S/C11H21ClN4/c1-8(15(3)4)6-13-7-10-9(2)14-16(5)11(10)12/h8,13H,6-7H2,1-5H3. The molecule has 0 aliphatic carbocycles. The smallest absolute Gasteiger partial charge is 0.131 e. The largest absolute Gasteiger partial charge is 0.311 e. The summed E-state index contributed by atoms with van der Waals surface area (Å²) in [5.74, 6) is 0. The molecule has 0 fully saturated rings. The number of hydrogen-bond acceptors (Lipinski definition) is 3. The van der Waals surface area contributed by atoms with Gasteiger partial charge in [-0.3, -0.25) is 4.68 Å². The molecule has 0 saturated heterocycles. The lowest BCUT2D eigenvalue weighted by molar-refractivity contribution is 0.302. The first-order chi connectivity index (χ1) is 7.43. The molecule has 0 aromatic carbocycles. The van der Waals surface area contributed by atoms with Crippen LogP contribution in [0.5, 0.6) is 0 Å². The fraction of sp³-hybridized carbons (Fsp3) is 0.727. The van der Waals surface area contributed by atoms with Gasteiger partial charge in [0.25, 0.3) is 0 Å². The highest BCUT2D eigenvalue weighted by Gasteiger charge is 2.11. The minimum Gasteiger partial charge on any atom is -0.311 e. The molecule has 1 heterocycles. The quantitative estimate of drug-likeness (QED) is 0.851. The van der Waals surface area contributed by atoms with Gasteiger partial charge in [0.1, 0.15) is 5.15 Å². The third-order valence-electron chi connectivity index (χ3n) is 2.89. The van der Waals surface area contributed by atoms with E-state index in [4.69, 9.17) is 11.6 Å². The maximum atomic E-state index is 6.14. The second-order valence-corrected chi connectivity index (χ2v) is 4.78. The first-order valence-electron chi connectivity index (χ1n) is 5.48. The Bertz CT molecular complexity index is 346. The number of rotatable bonds is 5. The molecule has 0 aliphatic rings. The summed E-state index contributed by atoms with van der Waals surface area (Å²) in [4.78, 5) is 2.19. The molecule has 1 rings (SSSR count). The van der Waals surface area contributed by atoms with Crippen molar-refractivity contribution < 1.29 is 0 Å². The third kappa shape index (κ3) is 3.20. The molecule has 1 aromatic rings. The molecule has 0 amide bonds. The van der Waals surface area contributed by atoms with E-state index in [0.29, 0.717) is 6.04 Å². The van der Waals surface area contributed by atoms with Gasteiger partial charge in [0.2, 0.25) is 0 Å². The molecule has 5 heteroatoms. The number of hydrogen-bond donors (Lipinski definition) is 1. The number of halogens is 1. The summed E-state index contributed by atoms with van der Waals surface area (Å²) in [6.07, 6.45) is 0. The molecule has 16 heavy (non-hydrogen) atoms. The first kappa shape index (κ1) is 13.5. The molecule has 0 saturated carbocycles. The van der Waals surface area contributed by atoms with Gasteiger partial charge in [-0.25, -0.2) is 0 Å². The van der Waals surface area contributed by atoms with Crippen molar-refractivity contribution in [2.45, 2.75) is 26.4 Å². The molecular formula is C11H21ClN4. The normalized spacial score (nSPS) is 13.4. The van der Waals surface area contributed by atoms with Crippen LogP contribution in [0.3, 0.4) is 0 Å². The van der Waals surface area contributed by atoms with Crippen molar-refractivity contribution in [2.75, 3.05) is 20.6 Å². The second kappa shape index (κ2) is 5.66. The molecule has 92 valence electrons. The molecular weight excluding hydrogens is 224 g/mol. The number of nitrogens with zero attached hydrogens (tertiary/aromatic N) is 3. The topological polar surface area (TPSA) is 33.1 Å². The Morgan fingerprint density at radius 2 is 2.12 bits per heavy atom. The second-order valence-electron chi connectivity index (χ2n) is 4.42. The summed E-state index contributed by atoms with van der Waals surface area (Å²) in [5.41, 5.74) is 2.09. The maximum Gasteiger partial charge on any atom is 0.131 e. The van der Waals surface area contributed by atoms with Crippen molar-refractivity contribution in [3.05, 3.63) is 16.4 Å². The Labute approximate surface area is 103 Å². The van der Waals surface area contributed by atoms with Gasteiger partial charge in [-0.15, -0.1) is 0 Å². The summed E-state index contributed by atoms with van der Waals surface area (Å²) in [7, 11) is 6.02. The van der Waals surface area contributed by atoms with Gasteiger partial charge >= 0.3 is 0 Å². The minimum atomic E-state index is 0.510. The van der Waals surface area contributed by atoms with Crippen LogP contribution in [0.4, 0.5) is 0 Å². The highest BCUT2D eigenvalue weighted by Crippen LogP contribution is 2.17. The van der Waals surface area contributed by atoms with Crippen molar-refractivity contribution in [2.24, 2.45) is 7.05 Å². The zero-order valence-electron chi connectivity index (χ0n) is 10.7. The van der Waals surface area contributed by atoms with Crippen molar-refractivity contribution in [1.29, 1.82) is 0 Å². The molecule has 4 nitrogen and oxygen atoms in total. The summed E-state index contributed by atoms with van der Waals surface area (Å²) in [6, 6.07) is 0.510. The third-order valence-corrected chi connectivity index (χ3v) is 3.37. The Balaban J connectivity index is 2.49. The van der Waals surface area contributed by atoms with Crippen LogP contribution in [-0.4, -0.2) is 41.4 Å². The average Bonchev–Trinajstić information content (AvgIpc) is 2.44. The van der Waals surface area contributed by atoms with Gasteiger partial charge in [-0.2, -0.15) is 5.10 Å². The fourth-order valence-corrected chi connectivity index (χ4v) is 1.70. The number of aromatic nitrogens is 2. The van der Waals surface area contributed by atoms with E-state index in [1.54, 1.807) is 4.68 Å². The zero-order chi connectivity index (χ0) is 12.3. The molecule has 0 aliphatic heterocycles. The Hall–Kier alpha value is -0.580. The highest BCUT2D eigenvalue weighted by molar-refractivity contribution is 6.30. The van der Waals surface area contributed by atoms with Crippen molar-refractivity contribution >= 4 is 11.6 Å². The molecule has 1 aromatic heterocycles. The van der Waals surface area contributed by atoms with E-state index < -0.39 is 0 Å². The van der Waals surface area contributed by atoms with Crippen LogP contribution in [0.15, 0.2) is 0 Å². The van der Waals surface area contributed by atoms with Gasteiger partial charge in [0.15, 0.2) is 0 Å². The van der Waals surface area contributed by atoms with Crippen LogP contribution in [0.1, 0.15) is 18.2 Å². The van der Waals surface area contributed by atoms with Crippen molar-refractivity contribution in [3.8, 4) is 0 Å². The van der Waals surface area contributed by atoms with Crippen LogP contribution in [0.25, 0.3) is 0 Å². The molecule has 1 N–H and O–H groups in total. The Kier molecular flexibility index (Phi) is 4.77. The van der Waals surface area contributed by atoms with Crippen LogP contribution in [0, 0.1) is 6.92 Å². The maximum absolute atomic E-state index is 6.14. The van der Waals surface area contributed by atoms with Gasteiger partial charge in [0, 0.05) is 31.7 Å². The summed E-state index contributed by atoms with van der Waals surface area (Å²) in [5, 5.41) is 8.40. The van der Waals surface area contributed by atoms with Crippen LogP contribution < -0.4 is 5.32 Å². The Morgan fingerprint density at radius 1 is 1.50 bits per heavy atom. The van der Waals surface area contributed by atoms with E-state index in [1.807, 2.05) is 14.0 Å². The summed E-state index contributed by atoms with van der Waals surface area (Å²) >= 11 is 6.14. The average molecular weight is 245 g/mol. The summed E-state index contributed by atoms with van der Waals surface area (Å²) < 4.78 is 1.71. The van der Waals surface area contributed by atoms with Crippen LogP contribution in [-0.2, 0) is 13.6 Å². The van der Waals surface area contributed by atoms with Gasteiger partial charge in [0.05, 0.1) is 5.69 Å². The van der Waals surface area contributed by atoms with E-state index in [9.17, 15) is 0 Å². The predicted octanol–water partition coefficient (Wildman–Crippen LogP) is 1.42. The molecule has 1 unspecified atom stereocenters. The Morgan fingerprint density at radius 3 is 2.56 bits per heavy atom. The van der Waals surface area contributed by atoms with E-state index in [-0.39, 0.29) is 0 Å². The molecule has 0 bridgehead atoms.